The van der Waals surface area contributed by atoms with Gasteiger partial charge in [0.15, 0.2) is 5.82 Å². The minimum Gasteiger partial charge on any atom is -0.393 e. The van der Waals surface area contributed by atoms with Crippen molar-refractivity contribution in [3.8, 4) is 5.82 Å². The Labute approximate surface area is 181 Å². The highest BCUT2D eigenvalue weighted by Crippen LogP contribution is 2.55. The van der Waals surface area contributed by atoms with Crippen LogP contribution in [0.15, 0.2) is 24.7 Å². The number of carbonyl (C=O) groups excluding carboxylic acids is 1. The summed E-state index contributed by atoms with van der Waals surface area (Å²) in [4.78, 5) is 13.5. The lowest BCUT2D eigenvalue weighted by Gasteiger charge is -2.58. The van der Waals surface area contributed by atoms with Gasteiger partial charge < -0.3 is 15.5 Å². The van der Waals surface area contributed by atoms with Gasteiger partial charge in [0.1, 0.15) is 5.56 Å². The zero-order chi connectivity index (χ0) is 21.2. The van der Waals surface area contributed by atoms with E-state index in [9.17, 15) is 15.0 Å². The average molecular weight is 426 g/mol. The second-order valence-corrected chi connectivity index (χ2v) is 10.4. The van der Waals surface area contributed by atoms with E-state index in [0.717, 1.165) is 57.8 Å². The van der Waals surface area contributed by atoms with E-state index in [2.05, 4.69) is 15.5 Å². The van der Waals surface area contributed by atoms with Gasteiger partial charge in [0, 0.05) is 18.4 Å². The van der Waals surface area contributed by atoms with Gasteiger partial charge in [-0.25, -0.2) is 9.36 Å². The Morgan fingerprint density at radius 1 is 1.10 bits per heavy atom. The predicted octanol–water partition coefficient (Wildman–Crippen LogP) is 2.21. The summed E-state index contributed by atoms with van der Waals surface area (Å²) in [6.45, 7) is 0. The molecule has 166 valence electrons. The van der Waals surface area contributed by atoms with Crippen molar-refractivity contribution in [2.75, 3.05) is 0 Å². The van der Waals surface area contributed by atoms with Crippen LogP contribution in [0.25, 0.3) is 5.82 Å². The molecule has 0 aromatic carbocycles. The lowest BCUT2D eigenvalue weighted by atomic mass is 9.52. The number of nitrogens with zero attached hydrogens (tertiary/aromatic N) is 4. The SMILES string of the molecule is O=C(NC1[C@@H]2CC3C[C@@H]1CC(O)(C3)C2)c1cnn(C2CCC(O)CC2)c1-n1cccn1. The number of hydrogen-bond donors (Lipinski definition) is 3. The van der Waals surface area contributed by atoms with E-state index in [0.29, 0.717) is 29.1 Å². The van der Waals surface area contributed by atoms with E-state index in [4.69, 9.17) is 0 Å². The Morgan fingerprint density at radius 3 is 2.48 bits per heavy atom. The van der Waals surface area contributed by atoms with Gasteiger partial charge in [0.2, 0.25) is 0 Å². The quantitative estimate of drug-likeness (QED) is 0.697. The standard InChI is InChI=1S/C23H31N5O3/c29-18-4-2-17(3-5-18)28-22(27-7-1-6-24-27)19(13-25-28)21(30)26-20-15-8-14-9-16(20)12-23(31,10-14)11-15/h1,6-7,13-18,20,29,31H,2-5,8-12H2,(H,26,30)/t14?,15-,16-,17?,18?,20?,23?/m1/s1. The van der Waals surface area contributed by atoms with Crippen molar-refractivity contribution in [1.82, 2.24) is 24.9 Å². The summed E-state index contributed by atoms with van der Waals surface area (Å²) in [6.07, 6.45) is 12.9. The molecule has 0 aliphatic heterocycles. The van der Waals surface area contributed by atoms with Crippen molar-refractivity contribution in [2.45, 2.75) is 81.6 Å². The number of hydrogen-bond acceptors (Lipinski definition) is 5. The summed E-state index contributed by atoms with van der Waals surface area (Å²) >= 11 is 0. The van der Waals surface area contributed by atoms with Crippen LogP contribution in [0.2, 0.25) is 0 Å². The molecule has 5 aliphatic rings. The number of carbonyl (C=O) groups is 1. The molecule has 3 N–H and O–H groups in total. The molecule has 5 saturated carbocycles. The maximum Gasteiger partial charge on any atom is 0.256 e. The van der Waals surface area contributed by atoms with Crippen LogP contribution in [0.5, 0.6) is 0 Å². The molecule has 8 heteroatoms. The molecule has 0 radical (unpaired) electrons. The second-order valence-electron chi connectivity index (χ2n) is 10.4. The fraction of sp³-hybridized carbons (Fsp3) is 0.696. The first kappa shape index (κ1) is 19.5. The Kier molecular flexibility index (Phi) is 4.51. The lowest BCUT2D eigenvalue weighted by Crippen LogP contribution is -2.61. The van der Waals surface area contributed by atoms with Gasteiger partial charge in [0.25, 0.3) is 5.91 Å². The minimum atomic E-state index is -0.506. The van der Waals surface area contributed by atoms with Crippen molar-refractivity contribution in [2.24, 2.45) is 17.8 Å². The number of aliphatic hydroxyl groups is 2. The highest BCUT2D eigenvalue weighted by Gasteiger charge is 2.55. The van der Waals surface area contributed by atoms with E-state index in [1.165, 1.54) is 0 Å². The van der Waals surface area contributed by atoms with E-state index in [-0.39, 0.29) is 24.1 Å². The Balaban J connectivity index is 1.28. The zero-order valence-electron chi connectivity index (χ0n) is 17.7. The fourth-order valence-electron chi connectivity index (χ4n) is 7.15. The molecule has 5 aliphatic carbocycles. The third-order valence-electron chi connectivity index (χ3n) is 8.29. The molecule has 0 spiro atoms. The second kappa shape index (κ2) is 7.17. The minimum absolute atomic E-state index is 0.0999. The first-order chi connectivity index (χ1) is 15.0. The van der Waals surface area contributed by atoms with E-state index in [1.54, 1.807) is 17.1 Å². The molecular formula is C23H31N5O3. The predicted molar refractivity (Wildman–Crippen MR) is 113 cm³/mol. The number of amides is 1. The van der Waals surface area contributed by atoms with E-state index in [1.807, 2.05) is 16.9 Å². The molecular weight excluding hydrogens is 394 g/mol. The van der Waals surface area contributed by atoms with Gasteiger partial charge in [-0.15, -0.1) is 0 Å². The number of aromatic nitrogens is 4. The molecule has 4 bridgehead atoms. The first-order valence-electron chi connectivity index (χ1n) is 11.8. The van der Waals surface area contributed by atoms with Crippen LogP contribution in [-0.4, -0.2) is 53.4 Å². The van der Waals surface area contributed by atoms with Crippen LogP contribution in [0, 0.1) is 17.8 Å². The lowest BCUT2D eigenvalue weighted by molar-refractivity contribution is -0.136. The van der Waals surface area contributed by atoms with Gasteiger partial charge in [-0.3, -0.25) is 4.79 Å². The van der Waals surface area contributed by atoms with Crippen LogP contribution in [-0.2, 0) is 0 Å². The van der Waals surface area contributed by atoms with Gasteiger partial charge in [-0.05, 0) is 81.6 Å². The highest BCUT2D eigenvalue weighted by molar-refractivity contribution is 5.97. The monoisotopic (exact) mass is 425 g/mol. The number of aliphatic hydroxyl groups excluding tert-OH is 1. The summed E-state index contributed by atoms with van der Waals surface area (Å²) in [5.41, 5.74) is 0.0383. The van der Waals surface area contributed by atoms with Crippen molar-refractivity contribution in [3.63, 3.8) is 0 Å². The maximum absolute atomic E-state index is 13.5. The summed E-state index contributed by atoms with van der Waals surface area (Å²) < 4.78 is 3.65. The molecule has 7 rings (SSSR count). The summed E-state index contributed by atoms with van der Waals surface area (Å²) in [5.74, 6) is 1.94. The summed E-state index contributed by atoms with van der Waals surface area (Å²) in [5, 5.41) is 33.1. The molecule has 0 saturated heterocycles. The molecule has 2 aromatic heterocycles. The van der Waals surface area contributed by atoms with Crippen LogP contribution in [0.3, 0.4) is 0 Å². The van der Waals surface area contributed by atoms with Crippen LogP contribution >= 0.6 is 0 Å². The molecule has 5 fully saturated rings. The third-order valence-corrected chi connectivity index (χ3v) is 8.29. The normalized spacial score (nSPS) is 39.0. The largest absolute Gasteiger partial charge is 0.393 e. The van der Waals surface area contributed by atoms with Crippen molar-refractivity contribution in [1.29, 1.82) is 0 Å². The van der Waals surface area contributed by atoms with Gasteiger partial charge in [0.05, 0.1) is 23.9 Å². The summed E-state index contributed by atoms with van der Waals surface area (Å²) in [7, 11) is 0. The number of rotatable bonds is 4. The van der Waals surface area contributed by atoms with E-state index < -0.39 is 5.60 Å². The molecule has 2 heterocycles. The van der Waals surface area contributed by atoms with Crippen molar-refractivity contribution >= 4 is 5.91 Å². The van der Waals surface area contributed by atoms with Crippen LogP contribution < -0.4 is 5.32 Å². The Morgan fingerprint density at radius 2 is 1.84 bits per heavy atom. The fourth-order valence-corrected chi connectivity index (χ4v) is 7.15. The zero-order valence-corrected chi connectivity index (χ0v) is 17.7. The highest BCUT2D eigenvalue weighted by atomic mass is 16.3. The number of nitrogens with one attached hydrogen (secondary N) is 1. The molecule has 0 unspecified atom stereocenters. The van der Waals surface area contributed by atoms with E-state index >= 15 is 0 Å². The molecule has 8 nitrogen and oxygen atoms in total. The van der Waals surface area contributed by atoms with Gasteiger partial charge in [-0.2, -0.15) is 10.2 Å². The molecule has 2 aromatic rings. The maximum atomic E-state index is 13.5. The molecule has 1 amide bonds. The summed E-state index contributed by atoms with van der Waals surface area (Å²) in [6, 6.07) is 2.13. The third kappa shape index (κ3) is 3.31. The smallest absolute Gasteiger partial charge is 0.256 e. The average Bonchev–Trinajstić information content (AvgIpc) is 3.39. The first-order valence-corrected chi connectivity index (χ1v) is 11.8. The van der Waals surface area contributed by atoms with Gasteiger partial charge >= 0.3 is 0 Å². The van der Waals surface area contributed by atoms with Crippen LogP contribution in [0.4, 0.5) is 0 Å². The molecule has 2 atom stereocenters. The Hall–Kier alpha value is -2.19. The van der Waals surface area contributed by atoms with Crippen LogP contribution in [0.1, 0.15) is 74.2 Å². The van der Waals surface area contributed by atoms with Crippen molar-refractivity contribution < 1.29 is 15.0 Å². The Bertz CT molecular complexity index is 946. The van der Waals surface area contributed by atoms with Gasteiger partial charge in [-0.1, -0.05) is 0 Å². The topological polar surface area (TPSA) is 105 Å². The molecule has 31 heavy (non-hydrogen) atoms. The van der Waals surface area contributed by atoms with Crippen molar-refractivity contribution in [3.05, 3.63) is 30.2 Å².